The lowest BCUT2D eigenvalue weighted by Gasteiger charge is -2.44. The first-order valence-corrected chi connectivity index (χ1v) is 6.84. The van der Waals surface area contributed by atoms with E-state index in [0.717, 1.165) is 45.0 Å². The van der Waals surface area contributed by atoms with Crippen molar-refractivity contribution in [3.63, 3.8) is 0 Å². The van der Waals surface area contributed by atoms with E-state index in [4.69, 9.17) is 5.73 Å². The first-order chi connectivity index (χ1) is 9.25. The molecule has 1 amide bonds. The molecule has 1 aromatic rings. The van der Waals surface area contributed by atoms with Crippen LogP contribution in [-0.2, 0) is 0 Å². The highest BCUT2D eigenvalue weighted by Gasteiger charge is 2.28. The average Bonchev–Trinajstić information content (AvgIpc) is 2.37. The number of carbonyl (C=O) groups is 1. The molecule has 19 heavy (non-hydrogen) atoms. The third kappa shape index (κ3) is 2.43. The zero-order chi connectivity index (χ0) is 13.2. The Bertz CT molecular complexity index is 464. The average molecular weight is 260 g/mol. The fourth-order valence-electron chi connectivity index (χ4n) is 2.82. The number of piperazine rings is 1. The Morgan fingerprint density at radius 1 is 1.16 bits per heavy atom. The SMILES string of the molecule is NC(=O)c1ccccc1N1CCN(C2CNC2)CC1. The molecule has 0 atom stereocenters. The molecule has 2 heterocycles. The minimum atomic E-state index is -0.346. The number of anilines is 1. The monoisotopic (exact) mass is 260 g/mol. The summed E-state index contributed by atoms with van der Waals surface area (Å²) in [5.74, 6) is -0.346. The molecule has 2 aliphatic rings. The number of hydrogen-bond donors (Lipinski definition) is 2. The van der Waals surface area contributed by atoms with Crippen molar-refractivity contribution in [3.05, 3.63) is 29.8 Å². The van der Waals surface area contributed by atoms with Gasteiger partial charge in [0.2, 0.25) is 0 Å². The van der Waals surface area contributed by atoms with E-state index in [2.05, 4.69) is 15.1 Å². The number of rotatable bonds is 3. The Labute approximate surface area is 113 Å². The van der Waals surface area contributed by atoms with Crippen LogP contribution in [0.3, 0.4) is 0 Å². The summed E-state index contributed by atoms with van der Waals surface area (Å²) in [7, 11) is 0. The van der Waals surface area contributed by atoms with Gasteiger partial charge >= 0.3 is 0 Å². The fourth-order valence-corrected chi connectivity index (χ4v) is 2.82. The standard InChI is InChI=1S/C14H20N4O/c15-14(19)12-3-1-2-4-13(12)18-7-5-17(6-8-18)11-9-16-10-11/h1-4,11,16H,5-10H2,(H2,15,19). The highest BCUT2D eigenvalue weighted by molar-refractivity contribution is 5.98. The van der Waals surface area contributed by atoms with Crippen molar-refractivity contribution in [1.29, 1.82) is 0 Å². The lowest BCUT2D eigenvalue weighted by atomic mass is 10.1. The molecular weight excluding hydrogens is 240 g/mol. The Kier molecular flexibility index (Phi) is 3.40. The topological polar surface area (TPSA) is 61.6 Å². The lowest BCUT2D eigenvalue weighted by molar-refractivity contribution is 0.1000. The van der Waals surface area contributed by atoms with E-state index in [1.807, 2.05) is 18.2 Å². The summed E-state index contributed by atoms with van der Waals surface area (Å²) in [6, 6.07) is 8.32. The van der Waals surface area contributed by atoms with Gasteiger partial charge in [-0.3, -0.25) is 9.69 Å². The normalized spacial score (nSPS) is 21.2. The van der Waals surface area contributed by atoms with Gasteiger partial charge in [0.1, 0.15) is 0 Å². The molecule has 0 radical (unpaired) electrons. The van der Waals surface area contributed by atoms with Gasteiger partial charge in [-0.1, -0.05) is 12.1 Å². The third-order valence-electron chi connectivity index (χ3n) is 4.10. The van der Waals surface area contributed by atoms with Crippen molar-refractivity contribution in [1.82, 2.24) is 10.2 Å². The van der Waals surface area contributed by atoms with E-state index in [-0.39, 0.29) is 5.91 Å². The zero-order valence-corrected chi connectivity index (χ0v) is 11.0. The number of primary amides is 1. The second kappa shape index (κ2) is 5.19. The lowest BCUT2D eigenvalue weighted by Crippen LogP contribution is -2.61. The Balaban J connectivity index is 1.69. The number of amides is 1. The second-order valence-electron chi connectivity index (χ2n) is 5.22. The highest BCUT2D eigenvalue weighted by Crippen LogP contribution is 2.22. The van der Waals surface area contributed by atoms with Crippen molar-refractivity contribution in [2.75, 3.05) is 44.2 Å². The van der Waals surface area contributed by atoms with E-state index in [9.17, 15) is 4.79 Å². The van der Waals surface area contributed by atoms with Gasteiger partial charge in [-0.05, 0) is 12.1 Å². The van der Waals surface area contributed by atoms with Crippen molar-refractivity contribution < 1.29 is 4.79 Å². The minimum absolute atomic E-state index is 0.346. The van der Waals surface area contributed by atoms with Crippen LogP contribution < -0.4 is 16.0 Å². The van der Waals surface area contributed by atoms with E-state index < -0.39 is 0 Å². The van der Waals surface area contributed by atoms with Gasteiger partial charge in [0.05, 0.1) is 5.56 Å². The predicted molar refractivity (Wildman–Crippen MR) is 75.4 cm³/mol. The van der Waals surface area contributed by atoms with E-state index >= 15 is 0 Å². The molecule has 0 unspecified atom stereocenters. The van der Waals surface area contributed by atoms with Crippen LogP contribution in [0.4, 0.5) is 5.69 Å². The molecule has 0 saturated carbocycles. The number of para-hydroxylation sites is 1. The van der Waals surface area contributed by atoms with Gasteiger partial charge in [-0.2, -0.15) is 0 Å². The summed E-state index contributed by atoms with van der Waals surface area (Å²) in [6.07, 6.45) is 0. The predicted octanol–water partition coefficient (Wildman–Crippen LogP) is -0.121. The first kappa shape index (κ1) is 12.4. The van der Waals surface area contributed by atoms with Gasteiger partial charge < -0.3 is 16.0 Å². The summed E-state index contributed by atoms with van der Waals surface area (Å²) >= 11 is 0. The molecule has 3 rings (SSSR count). The maximum Gasteiger partial charge on any atom is 0.250 e. The van der Waals surface area contributed by atoms with Gasteiger partial charge in [-0.25, -0.2) is 0 Å². The molecule has 2 fully saturated rings. The number of nitrogens with one attached hydrogen (secondary N) is 1. The molecule has 0 bridgehead atoms. The molecule has 5 heteroatoms. The van der Waals surface area contributed by atoms with Crippen molar-refractivity contribution in [2.45, 2.75) is 6.04 Å². The number of nitrogens with zero attached hydrogens (tertiary/aromatic N) is 2. The van der Waals surface area contributed by atoms with Gasteiger partial charge in [0.25, 0.3) is 5.91 Å². The van der Waals surface area contributed by atoms with Gasteiger partial charge in [0.15, 0.2) is 0 Å². The third-order valence-corrected chi connectivity index (χ3v) is 4.10. The van der Waals surface area contributed by atoms with Crippen LogP contribution in [0.15, 0.2) is 24.3 Å². The molecule has 0 spiro atoms. The van der Waals surface area contributed by atoms with Crippen LogP contribution in [0.5, 0.6) is 0 Å². The molecule has 0 aliphatic carbocycles. The summed E-state index contributed by atoms with van der Waals surface area (Å²) < 4.78 is 0. The molecular formula is C14H20N4O. The van der Waals surface area contributed by atoms with Crippen LogP contribution in [0.1, 0.15) is 10.4 Å². The molecule has 2 saturated heterocycles. The van der Waals surface area contributed by atoms with Gasteiger partial charge in [-0.15, -0.1) is 0 Å². The first-order valence-electron chi connectivity index (χ1n) is 6.84. The molecule has 1 aromatic carbocycles. The van der Waals surface area contributed by atoms with Crippen molar-refractivity contribution in [2.24, 2.45) is 5.73 Å². The maximum atomic E-state index is 11.5. The summed E-state index contributed by atoms with van der Waals surface area (Å²) in [4.78, 5) is 16.3. The van der Waals surface area contributed by atoms with Crippen molar-refractivity contribution in [3.8, 4) is 0 Å². The molecule has 5 nitrogen and oxygen atoms in total. The number of benzene rings is 1. The summed E-state index contributed by atoms with van der Waals surface area (Å²) in [5, 5.41) is 3.31. The zero-order valence-electron chi connectivity index (χ0n) is 11.0. The van der Waals surface area contributed by atoms with Crippen LogP contribution in [0.25, 0.3) is 0 Å². The maximum absolute atomic E-state index is 11.5. The van der Waals surface area contributed by atoms with E-state index in [0.29, 0.717) is 11.6 Å². The highest BCUT2D eigenvalue weighted by atomic mass is 16.1. The van der Waals surface area contributed by atoms with Crippen LogP contribution in [0.2, 0.25) is 0 Å². The number of hydrogen-bond acceptors (Lipinski definition) is 4. The van der Waals surface area contributed by atoms with E-state index in [1.54, 1.807) is 6.07 Å². The summed E-state index contributed by atoms with van der Waals surface area (Å²) in [5.41, 5.74) is 7.04. The largest absolute Gasteiger partial charge is 0.368 e. The molecule has 2 aliphatic heterocycles. The number of nitrogens with two attached hydrogens (primary N) is 1. The van der Waals surface area contributed by atoms with Crippen LogP contribution in [0, 0.1) is 0 Å². The van der Waals surface area contributed by atoms with Crippen molar-refractivity contribution >= 4 is 11.6 Å². The summed E-state index contributed by atoms with van der Waals surface area (Å²) in [6.45, 7) is 6.25. The van der Waals surface area contributed by atoms with Gasteiger partial charge in [0, 0.05) is 51.0 Å². The molecule has 0 aromatic heterocycles. The fraction of sp³-hybridized carbons (Fsp3) is 0.500. The van der Waals surface area contributed by atoms with E-state index in [1.165, 1.54) is 0 Å². The van der Waals surface area contributed by atoms with Crippen LogP contribution in [-0.4, -0.2) is 56.1 Å². The Morgan fingerprint density at radius 3 is 2.42 bits per heavy atom. The second-order valence-corrected chi connectivity index (χ2v) is 5.22. The quantitative estimate of drug-likeness (QED) is 0.795. The Hall–Kier alpha value is -1.59. The Morgan fingerprint density at radius 2 is 1.84 bits per heavy atom. The minimum Gasteiger partial charge on any atom is -0.368 e. The smallest absolute Gasteiger partial charge is 0.250 e. The number of carbonyl (C=O) groups excluding carboxylic acids is 1. The molecule has 102 valence electrons. The molecule has 3 N–H and O–H groups in total. The van der Waals surface area contributed by atoms with Crippen LogP contribution >= 0.6 is 0 Å².